The van der Waals surface area contributed by atoms with Gasteiger partial charge in [-0.1, -0.05) is 0 Å². The Hall–Kier alpha value is -3.44. The van der Waals surface area contributed by atoms with Crippen LogP contribution in [0.5, 0.6) is 0 Å². The number of nitrogens with zero attached hydrogens (tertiary/aromatic N) is 6. The number of carbonyl (C=O) groups excluding carboxylic acids is 1. The van der Waals surface area contributed by atoms with E-state index in [9.17, 15) is 18.0 Å². The fraction of sp³-hybridized carbons (Fsp3) is 0.522. The first kappa shape index (κ1) is 26.2. The van der Waals surface area contributed by atoms with E-state index in [-0.39, 0.29) is 5.91 Å². The number of aromatic nitrogens is 3. The molecule has 12 heteroatoms. The highest BCUT2D eigenvalue weighted by atomic mass is 19.4. The molecule has 0 atom stereocenters. The first-order valence-corrected chi connectivity index (χ1v) is 11.3. The maximum Gasteiger partial charge on any atom is 0.490 e. The van der Waals surface area contributed by atoms with Crippen molar-refractivity contribution in [1.82, 2.24) is 19.9 Å². The van der Waals surface area contributed by atoms with Gasteiger partial charge in [0.25, 0.3) is 5.91 Å². The minimum Gasteiger partial charge on any atom is -0.475 e. The summed E-state index contributed by atoms with van der Waals surface area (Å²) < 4.78 is 31.7. The third kappa shape index (κ3) is 6.58. The molecule has 0 radical (unpaired) electrons. The molecule has 2 aromatic heterocycles. The number of likely N-dealkylation sites (tertiary alicyclic amines) is 1. The predicted octanol–water partition coefficient (Wildman–Crippen LogP) is 2.72. The summed E-state index contributed by atoms with van der Waals surface area (Å²) in [5, 5.41) is 7.12. The molecule has 0 unspecified atom stereocenters. The molecule has 1 amide bonds. The summed E-state index contributed by atoms with van der Waals surface area (Å²) in [6.07, 6.45) is 2.48. The highest BCUT2D eigenvalue weighted by molar-refractivity contribution is 5.99. The molecule has 0 aliphatic carbocycles. The summed E-state index contributed by atoms with van der Waals surface area (Å²) in [5.74, 6) is -1.11. The van der Waals surface area contributed by atoms with Gasteiger partial charge in [-0.05, 0) is 43.4 Å². The third-order valence-electron chi connectivity index (χ3n) is 5.78. The van der Waals surface area contributed by atoms with Gasteiger partial charge in [-0.3, -0.25) is 4.79 Å². The smallest absolute Gasteiger partial charge is 0.475 e. The predicted molar refractivity (Wildman–Crippen MR) is 124 cm³/mol. The van der Waals surface area contributed by atoms with Crippen LogP contribution >= 0.6 is 0 Å². The molecule has 0 aromatic carbocycles. The van der Waals surface area contributed by atoms with E-state index in [4.69, 9.17) is 14.9 Å². The van der Waals surface area contributed by atoms with Crippen molar-refractivity contribution in [2.75, 3.05) is 50.1 Å². The minimum atomic E-state index is -5.08. The fourth-order valence-corrected chi connectivity index (χ4v) is 3.96. The zero-order valence-electron chi connectivity index (χ0n) is 20.0. The molecule has 9 nitrogen and oxygen atoms in total. The Bertz CT molecular complexity index is 1050. The van der Waals surface area contributed by atoms with Crippen LogP contribution in [0.2, 0.25) is 0 Å². The lowest BCUT2D eigenvalue weighted by Crippen LogP contribution is -2.30. The molecular weight excluding hydrogens is 465 g/mol. The van der Waals surface area contributed by atoms with Gasteiger partial charge in [-0.25, -0.2) is 19.7 Å². The second-order valence-electron chi connectivity index (χ2n) is 8.71. The Balaban J connectivity index is 0.000000429. The van der Waals surface area contributed by atoms with Gasteiger partial charge in [0.1, 0.15) is 5.82 Å². The van der Waals surface area contributed by atoms with E-state index >= 15 is 0 Å². The third-order valence-corrected chi connectivity index (χ3v) is 5.78. The van der Waals surface area contributed by atoms with Crippen LogP contribution in [-0.2, 0) is 17.6 Å². The van der Waals surface area contributed by atoms with Crippen LogP contribution in [0.4, 0.5) is 24.9 Å². The van der Waals surface area contributed by atoms with Crippen LogP contribution in [-0.4, -0.2) is 83.3 Å². The number of halogens is 3. The Morgan fingerprint density at radius 3 is 2.14 bits per heavy atom. The molecule has 0 spiro atoms. The van der Waals surface area contributed by atoms with Gasteiger partial charge in [-0.2, -0.15) is 13.2 Å². The van der Waals surface area contributed by atoms with Crippen LogP contribution in [0, 0.1) is 6.92 Å². The molecular formula is C23H29F3N6O3. The first-order chi connectivity index (χ1) is 16.5. The van der Waals surface area contributed by atoms with E-state index in [0.717, 1.165) is 80.4 Å². The lowest BCUT2D eigenvalue weighted by atomic mass is 10.0. The van der Waals surface area contributed by atoms with Crippen molar-refractivity contribution in [2.24, 2.45) is 0 Å². The van der Waals surface area contributed by atoms with Crippen LogP contribution < -0.4 is 9.80 Å². The summed E-state index contributed by atoms with van der Waals surface area (Å²) in [5.41, 5.74) is 4.04. The maximum absolute atomic E-state index is 13.1. The molecule has 2 aliphatic heterocycles. The number of hydrogen-bond acceptors (Lipinski definition) is 7. The minimum absolute atomic E-state index is 0.111. The number of carbonyl (C=O) groups is 2. The zero-order chi connectivity index (χ0) is 25.8. The van der Waals surface area contributed by atoms with E-state index in [2.05, 4.69) is 20.9 Å². The van der Waals surface area contributed by atoms with Gasteiger partial charge in [0.2, 0.25) is 5.95 Å². The van der Waals surface area contributed by atoms with Crippen molar-refractivity contribution in [3.8, 4) is 0 Å². The topological polar surface area (TPSA) is 103 Å². The second kappa shape index (κ2) is 10.9. The molecule has 2 aromatic rings. The van der Waals surface area contributed by atoms with E-state index < -0.39 is 12.1 Å². The van der Waals surface area contributed by atoms with Gasteiger partial charge in [0.05, 0.1) is 5.56 Å². The van der Waals surface area contributed by atoms with E-state index in [0.29, 0.717) is 0 Å². The average molecular weight is 495 g/mol. The summed E-state index contributed by atoms with van der Waals surface area (Å²) in [4.78, 5) is 42.0. The monoisotopic (exact) mass is 494 g/mol. The molecule has 1 saturated heterocycles. The number of alkyl halides is 3. The van der Waals surface area contributed by atoms with Gasteiger partial charge in [0.15, 0.2) is 0 Å². The standard InChI is InChI=1S/C21H28N6O.C2HF3O2/c1-15-13-22-21(23-14-15)27-10-6-16-12-17(20(28)26-8-4-5-9-26)19(25(2)3)24-18(16)7-11-27;3-2(4,5)1(6)7/h12-14H,4-11H2,1-3H3;(H,6,7). The number of aliphatic carboxylic acids is 1. The normalized spacial score (nSPS) is 15.6. The van der Waals surface area contributed by atoms with E-state index in [1.54, 1.807) is 0 Å². The Labute approximate surface area is 201 Å². The van der Waals surface area contributed by atoms with Crippen molar-refractivity contribution >= 4 is 23.6 Å². The molecule has 0 saturated carbocycles. The highest BCUT2D eigenvalue weighted by Crippen LogP contribution is 2.26. The lowest BCUT2D eigenvalue weighted by Gasteiger charge is -2.22. The van der Waals surface area contributed by atoms with E-state index in [1.807, 2.05) is 43.2 Å². The number of pyridine rings is 1. The summed E-state index contributed by atoms with van der Waals surface area (Å²) in [6, 6.07) is 2.08. The summed E-state index contributed by atoms with van der Waals surface area (Å²) in [6.45, 7) is 5.35. The fourth-order valence-electron chi connectivity index (χ4n) is 3.96. The van der Waals surface area contributed by atoms with Crippen molar-refractivity contribution in [3.63, 3.8) is 0 Å². The van der Waals surface area contributed by atoms with Gasteiger partial charge >= 0.3 is 12.1 Å². The summed E-state index contributed by atoms with van der Waals surface area (Å²) in [7, 11) is 3.91. The second-order valence-corrected chi connectivity index (χ2v) is 8.71. The molecule has 190 valence electrons. The highest BCUT2D eigenvalue weighted by Gasteiger charge is 2.38. The number of rotatable bonds is 3. The van der Waals surface area contributed by atoms with Crippen molar-refractivity contribution < 1.29 is 27.9 Å². The quantitative estimate of drug-likeness (QED) is 0.695. The SMILES string of the molecule is Cc1cnc(N2CCc3cc(C(=O)N4CCCC4)c(N(C)C)nc3CC2)nc1.O=C(O)C(F)(F)F. The average Bonchev–Trinajstić information content (AvgIpc) is 3.26. The molecule has 2 aliphatic rings. The number of amides is 1. The van der Waals surface area contributed by atoms with Crippen LogP contribution in [0.3, 0.4) is 0 Å². The first-order valence-electron chi connectivity index (χ1n) is 11.3. The Morgan fingerprint density at radius 1 is 1.03 bits per heavy atom. The number of carboxylic acids is 1. The van der Waals surface area contributed by atoms with Gasteiger partial charge in [0, 0.05) is 64.8 Å². The number of fused-ring (bicyclic) bond motifs is 1. The zero-order valence-corrected chi connectivity index (χ0v) is 20.0. The number of hydrogen-bond donors (Lipinski definition) is 1. The number of carboxylic acid groups (broad SMARTS) is 1. The lowest BCUT2D eigenvalue weighted by molar-refractivity contribution is -0.192. The molecule has 0 bridgehead atoms. The van der Waals surface area contributed by atoms with Gasteiger partial charge < -0.3 is 19.8 Å². The van der Waals surface area contributed by atoms with E-state index in [1.165, 1.54) is 5.56 Å². The maximum atomic E-state index is 13.1. The Morgan fingerprint density at radius 2 is 1.60 bits per heavy atom. The molecule has 1 N–H and O–H groups in total. The largest absolute Gasteiger partial charge is 0.490 e. The molecule has 4 heterocycles. The van der Waals surface area contributed by atoms with Crippen molar-refractivity contribution in [3.05, 3.63) is 40.8 Å². The molecule has 35 heavy (non-hydrogen) atoms. The number of anilines is 2. The van der Waals surface area contributed by atoms with Crippen LogP contribution in [0.25, 0.3) is 0 Å². The summed E-state index contributed by atoms with van der Waals surface area (Å²) >= 11 is 0. The van der Waals surface area contributed by atoms with Crippen molar-refractivity contribution in [1.29, 1.82) is 0 Å². The van der Waals surface area contributed by atoms with Crippen LogP contribution in [0.1, 0.15) is 40.0 Å². The van der Waals surface area contributed by atoms with Gasteiger partial charge in [-0.15, -0.1) is 0 Å². The molecule has 4 rings (SSSR count). The molecule has 1 fully saturated rings. The van der Waals surface area contributed by atoms with Crippen molar-refractivity contribution in [2.45, 2.75) is 38.8 Å². The van der Waals surface area contributed by atoms with Crippen LogP contribution in [0.15, 0.2) is 18.5 Å². The Kier molecular flexibility index (Phi) is 8.13. The number of aryl methyl sites for hydroxylation is 1.